The Bertz CT molecular complexity index is 270. The molecule has 1 fully saturated rings. The topological polar surface area (TPSA) is 24.5 Å². The Morgan fingerprint density at radius 2 is 1.68 bits per heavy atom. The average Bonchev–Trinajstić information content (AvgIpc) is 2.73. The van der Waals surface area contributed by atoms with E-state index in [-0.39, 0.29) is 11.1 Å². The molecule has 1 N–H and O–H groups in total. The van der Waals surface area contributed by atoms with Crippen molar-refractivity contribution in [2.24, 2.45) is 0 Å². The van der Waals surface area contributed by atoms with Gasteiger partial charge in [-0.1, -0.05) is 6.92 Å². The third kappa shape index (κ3) is 5.80. The molecular formula is C16H34N2O. The van der Waals surface area contributed by atoms with E-state index in [2.05, 4.69) is 58.8 Å². The van der Waals surface area contributed by atoms with E-state index in [0.29, 0.717) is 12.2 Å². The van der Waals surface area contributed by atoms with Crippen molar-refractivity contribution >= 4 is 0 Å². The number of ether oxygens (including phenoxy) is 1. The van der Waals surface area contributed by atoms with Gasteiger partial charge in [-0.3, -0.25) is 4.90 Å². The zero-order chi connectivity index (χ0) is 14.7. The standard InChI is InChI=1S/C16H34N2O/c1-8-16(5,6)18(7)12-14-10-9-13(19-14)11-17-15(2,3)4/h13-14,17H,8-12H2,1-7H3. The third-order valence-corrected chi connectivity index (χ3v) is 4.43. The zero-order valence-corrected chi connectivity index (χ0v) is 14.0. The van der Waals surface area contributed by atoms with Gasteiger partial charge in [-0.25, -0.2) is 0 Å². The van der Waals surface area contributed by atoms with Crippen molar-refractivity contribution in [2.75, 3.05) is 20.1 Å². The minimum Gasteiger partial charge on any atom is -0.372 e. The van der Waals surface area contributed by atoms with Gasteiger partial charge in [0.2, 0.25) is 0 Å². The maximum atomic E-state index is 6.16. The average molecular weight is 270 g/mol. The molecule has 0 radical (unpaired) electrons. The van der Waals surface area contributed by atoms with Crippen LogP contribution in [0, 0.1) is 0 Å². The minimum atomic E-state index is 0.183. The second-order valence-electron chi connectivity index (χ2n) is 7.63. The van der Waals surface area contributed by atoms with E-state index < -0.39 is 0 Å². The van der Waals surface area contributed by atoms with Gasteiger partial charge in [0.15, 0.2) is 0 Å². The Hall–Kier alpha value is -0.120. The summed E-state index contributed by atoms with van der Waals surface area (Å²) >= 11 is 0. The zero-order valence-electron chi connectivity index (χ0n) is 14.0. The number of rotatable bonds is 6. The summed E-state index contributed by atoms with van der Waals surface area (Å²) in [5.74, 6) is 0. The molecule has 114 valence electrons. The summed E-state index contributed by atoms with van der Waals surface area (Å²) in [5, 5.41) is 3.54. The molecule has 2 atom stereocenters. The summed E-state index contributed by atoms with van der Waals surface area (Å²) in [5.41, 5.74) is 0.452. The molecule has 3 nitrogen and oxygen atoms in total. The maximum absolute atomic E-state index is 6.16. The van der Waals surface area contributed by atoms with Crippen LogP contribution in [0.25, 0.3) is 0 Å². The highest BCUT2D eigenvalue weighted by Gasteiger charge is 2.30. The number of nitrogens with zero attached hydrogens (tertiary/aromatic N) is 1. The third-order valence-electron chi connectivity index (χ3n) is 4.43. The highest BCUT2D eigenvalue weighted by atomic mass is 16.5. The molecule has 1 aliphatic rings. The van der Waals surface area contributed by atoms with Gasteiger partial charge in [-0.05, 0) is 60.9 Å². The first-order chi connectivity index (χ1) is 8.64. The lowest BCUT2D eigenvalue weighted by Crippen LogP contribution is -2.45. The Kier molecular flexibility index (Phi) is 5.84. The second kappa shape index (κ2) is 6.55. The van der Waals surface area contributed by atoms with Crippen molar-refractivity contribution < 1.29 is 4.74 Å². The van der Waals surface area contributed by atoms with Crippen LogP contribution in [0.15, 0.2) is 0 Å². The molecule has 1 heterocycles. The van der Waals surface area contributed by atoms with Gasteiger partial charge in [-0.2, -0.15) is 0 Å². The number of hydrogen-bond donors (Lipinski definition) is 1. The Morgan fingerprint density at radius 3 is 2.21 bits per heavy atom. The van der Waals surface area contributed by atoms with Crippen LogP contribution in [0.4, 0.5) is 0 Å². The van der Waals surface area contributed by atoms with Gasteiger partial charge in [0.1, 0.15) is 0 Å². The molecule has 19 heavy (non-hydrogen) atoms. The van der Waals surface area contributed by atoms with Crippen LogP contribution in [0.2, 0.25) is 0 Å². The van der Waals surface area contributed by atoms with Gasteiger partial charge in [0, 0.05) is 24.2 Å². The van der Waals surface area contributed by atoms with Crippen LogP contribution in [-0.2, 0) is 4.74 Å². The fourth-order valence-corrected chi connectivity index (χ4v) is 2.31. The van der Waals surface area contributed by atoms with Crippen molar-refractivity contribution in [3.63, 3.8) is 0 Å². The van der Waals surface area contributed by atoms with Gasteiger partial charge >= 0.3 is 0 Å². The molecule has 0 spiro atoms. The van der Waals surface area contributed by atoms with E-state index in [1.165, 1.54) is 19.3 Å². The summed E-state index contributed by atoms with van der Waals surface area (Å²) in [6.07, 6.45) is 4.35. The van der Waals surface area contributed by atoms with Gasteiger partial charge in [0.25, 0.3) is 0 Å². The fraction of sp³-hybridized carbons (Fsp3) is 1.00. The molecule has 2 unspecified atom stereocenters. The summed E-state index contributed by atoms with van der Waals surface area (Å²) in [6.45, 7) is 15.5. The smallest absolute Gasteiger partial charge is 0.0707 e. The van der Waals surface area contributed by atoms with Crippen LogP contribution >= 0.6 is 0 Å². The number of nitrogens with one attached hydrogen (secondary N) is 1. The monoisotopic (exact) mass is 270 g/mol. The van der Waals surface area contributed by atoms with Crippen molar-refractivity contribution in [3.8, 4) is 0 Å². The molecule has 0 amide bonds. The first-order valence-electron chi connectivity index (χ1n) is 7.76. The molecule has 0 aromatic heterocycles. The predicted octanol–water partition coefficient (Wildman–Crippen LogP) is 3.04. The molecule has 0 aliphatic carbocycles. The van der Waals surface area contributed by atoms with Gasteiger partial charge in [0.05, 0.1) is 12.2 Å². The van der Waals surface area contributed by atoms with E-state index in [9.17, 15) is 0 Å². The van der Waals surface area contributed by atoms with Crippen molar-refractivity contribution in [1.82, 2.24) is 10.2 Å². The Balaban J connectivity index is 2.32. The van der Waals surface area contributed by atoms with E-state index >= 15 is 0 Å². The molecule has 3 heteroatoms. The lowest BCUT2D eigenvalue weighted by Gasteiger charge is -2.36. The largest absolute Gasteiger partial charge is 0.372 e. The van der Waals surface area contributed by atoms with Crippen molar-refractivity contribution in [3.05, 3.63) is 0 Å². The van der Waals surface area contributed by atoms with Crippen LogP contribution in [0.5, 0.6) is 0 Å². The maximum Gasteiger partial charge on any atom is 0.0707 e. The molecule has 1 saturated heterocycles. The molecule has 0 bridgehead atoms. The fourth-order valence-electron chi connectivity index (χ4n) is 2.31. The summed E-state index contributed by atoms with van der Waals surface area (Å²) in [4.78, 5) is 2.44. The van der Waals surface area contributed by atoms with E-state index in [4.69, 9.17) is 4.74 Å². The SMILES string of the molecule is CCC(C)(C)N(C)CC1CCC(CNC(C)(C)C)O1. The molecular weight excluding hydrogens is 236 g/mol. The van der Waals surface area contributed by atoms with E-state index in [1.54, 1.807) is 0 Å². The first-order valence-corrected chi connectivity index (χ1v) is 7.76. The van der Waals surface area contributed by atoms with Crippen LogP contribution in [-0.4, -0.2) is 48.3 Å². The minimum absolute atomic E-state index is 0.183. The highest BCUT2D eigenvalue weighted by Crippen LogP contribution is 2.24. The molecule has 1 aliphatic heterocycles. The van der Waals surface area contributed by atoms with E-state index in [1.807, 2.05) is 0 Å². The quantitative estimate of drug-likeness (QED) is 0.803. The Morgan fingerprint density at radius 1 is 1.11 bits per heavy atom. The number of likely N-dealkylation sites (N-methyl/N-ethyl adjacent to an activating group) is 1. The van der Waals surface area contributed by atoms with Crippen molar-refractivity contribution in [2.45, 2.75) is 84.1 Å². The van der Waals surface area contributed by atoms with Crippen LogP contribution < -0.4 is 5.32 Å². The predicted molar refractivity (Wildman–Crippen MR) is 82.7 cm³/mol. The van der Waals surface area contributed by atoms with Gasteiger partial charge in [-0.15, -0.1) is 0 Å². The number of hydrogen-bond acceptors (Lipinski definition) is 3. The van der Waals surface area contributed by atoms with Crippen molar-refractivity contribution in [1.29, 1.82) is 0 Å². The highest BCUT2D eigenvalue weighted by molar-refractivity contribution is 4.84. The van der Waals surface area contributed by atoms with E-state index in [0.717, 1.165) is 13.1 Å². The molecule has 0 saturated carbocycles. The molecule has 1 rings (SSSR count). The molecule has 0 aromatic carbocycles. The summed E-state index contributed by atoms with van der Waals surface area (Å²) in [7, 11) is 2.22. The lowest BCUT2D eigenvalue weighted by atomic mass is 9.99. The second-order valence-corrected chi connectivity index (χ2v) is 7.63. The lowest BCUT2D eigenvalue weighted by molar-refractivity contribution is 0.00610. The normalized spacial score (nSPS) is 25.3. The Labute approximate surface area is 120 Å². The first kappa shape index (κ1) is 16.9. The van der Waals surface area contributed by atoms with Crippen LogP contribution in [0.1, 0.15) is 60.8 Å². The van der Waals surface area contributed by atoms with Crippen LogP contribution in [0.3, 0.4) is 0 Å². The van der Waals surface area contributed by atoms with Gasteiger partial charge < -0.3 is 10.1 Å². The molecule has 0 aromatic rings. The summed E-state index contributed by atoms with van der Waals surface area (Å²) < 4.78 is 6.16. The summed E-state index contributed by atoms with van der Waals surface area (Å²) in [6, 6.07) is 0.